The van der Waals surface area contributed by atoms with Crippen LogP contribution in [-0.2, 0) is 10.8 Å². The SMILES string of the molecule is CCCN=C(NCC)NCCS(=O)c1ccccc1.I. The van der Waals surface area contributed by atoms with Crippen LogP contribution in [0.1, 0.15) is 20.3 Å². The molecule has 0 aliphatic heterocycles. The highest BCUT2D eigenvalue weighted by Crippen LogP contribution is 2.04. The highest BCUT2D eigenvalue weighted by molar-refractivity contribution is 14.0. The van der Waals surface area contributed by atoms with Crippen LogP contribution in [0.15, 0.2) is 40.2 Å². The molecule has 0 fully saturated rings. The third-order valence-electron chi connectivity index (χ3n) is 2.42. The quantitative estimate of drug-likeness (QED) is 0.413. The maximum absolute atomic E-state index is 12.0. The topological polar surface area (TPSA) is 53.5 Å². The first kappa shape index (κ1) is 19.4. The van der Waals surface area contributed by atoms with Crippen LogP contribution in [0.2, 0.25) is 0 Å². The minimum absolute atomic E-state index is 0. The van der Waals surface area contributed by atoms with Crippen molar-refractivity contribution in [3.8, 4) is 0 Å². The molecule has 20 heavy (non-hydrogen) atoms. The Labute approximate surface area is 141 Å². The van der Waals surface area contributed by atoms with Gasteiger partial charge in [0.15, 0.2) is 5.96 Å². The molecule has 0 saturated carbocycles. The second-order valence-electron chi connectivity index (χ2n) is 4.05. The molecule has 0 saturated heterocycles. The van der Waals surface area contributed by atoms with Crippen molar-refractivity contribution in [2.24, 2.45) is 4.99 Å². The molecule has 6 heteroatoms. The van der Waals surface area contributed by atoms with E-state index in [-0.39, 0.29) is 24.0 Å². The summed E-state index contributed by atoms with van der Waals surface area (Å²) in [6, 6.07) is 9.54. The van der Waals surface area contributed by atoms with E-state index in [1.54, 1.807) is 0 Å². The zero-order chi connectivity index (χ0) is 13.9. The lowest BCUT2D eigenvalue weighted by Gasteiger charge is -2.10. The predicted octanol–water partition coefficient (Wildman–Crippen LogP) is 2.38. The van der Waals surface area contributed by atoms with Gasteiger partial charge in [-0.25, -0.2) is 0 Å². The monoisotopic (exact) mass is 409 g/mol. The first-order valence-corrected chi connectivity index (χ1v) is 8.05. The van der Waals surface area contributed by atoms with E-state index in [1.165, 1.54) is 0 Å². The Balaban J connectivity index is 0.00000361. The number of nitrogens with zero attached hydrogens (tertiary/aromatic N) is 1. The summed E-state index contributed by atoms with van der Waals surface area (Å²) in [5.74, 6) is 1.38. The molecule has 0 bridgehead atoms. The first-order chi connectivity index (χ1) is 9.27. The number of guanidine groups is 1. The van der Waals surface area contributed by atoms with Crippen LogP contribution in [-0.4, -0.2) is 35.6 Å². The standard InChI is InChI=1S/C14H23N3OS.HI/c1-3-10-16-14(15-4-2)17-11-12-19(18)13-8-6-5-7-9-13;/h5-9H,3-4,10-12H2,1-2H3,(H2,15,16,17);1H. The smallest absolute Gasteiger partial charge is 0.191 e. The summed E-state index contributed by atoms with van der Waals surface area (Å²) < 4.78 is 12.0. The van der Waals surface area contributed by atoms with Crippen LogP contribution in [0.25, 0.3) is 0 Å². The highest BCUT2D eigenvalue weighted by atomic mass is 127. The molecule has 0 heterocycles. The lowest BCUT2D eigenvalue weighted by Crippen LogP contribution is -2.39. The number of halogens is 1. The summed E-state index contributed by atoms with van der Waals surface area (Å²) in [6.07, 6.45) is 1.02. The molecule has 1 atom stereocenters. The van der Waals surface area contributed by atoms with Gasteiger partial charge in [-0.3, -0.25) is 9.20 Å². The lowest BCUT2D eigenvalue weighted by atomic mass is 10.4. The fourth-order valence-corrected chi connectivity index (χ4v) is 2.50. The van der Waals surface area contributed by atoms with Crippen LogP contribution in [0, 0.1) is 0 Å². The number of aliphatic imine (C=N–C) groups is 1. The Morgan fingerprint density at radius 1 is 1.20 bits per heavy atom. The zero-order valence-electron chi connectivity index (χ0n) is 12.1. The fourth-order valence-electron chi connectivity index (χ4n) is 1.52. The van der Waals surface area contributed by atoms with E-state index in [2.05, 4.69) is 22.5 Å². The second-order valence-corrected chi connectivity index (χ2v) is 5.62. The summed E-state index contributed by atoms with van der Waals surface area (Å²) in [5, 5.41) is 6.37. The van der Waals surface area contributed by atoms with Crippen molar-refractivity contribution in [2.75, 3.05) is 25.4 Å². The summed E-state index contributed by atoms with van der Waals surface area (Å²) in [6.45, 7) is 6.41. The van der Waals surface area contributed by atoms with Crippen LogP contribution in [0.3, 0.4) is 0 Å². The molecular weight excluding hydrogens is 385 g/mol. The van der Waals surface area contributed by atoms with Crippen molar-refractivity contribution in [1.82, 2.24) is 10.6 Å². The highest BCUT2D eigenvalue weighted by Gasteiger charge is 2.03. The van der Waals surface area contributed by atoms with E-state index in [1.807, 2.05) is 37.3 Å². The Hall–Kier alpha value is -0.630. The van der Waals surface area contributed by atoms with Gasteiger partial charge in [0.1, 0.15) is 0 Å². The van der Waals surface area contributed by atoms with Gasteiger partial charge in [0.05, 0.1) is 10.8 Å². The Morgan fingerprint density at radius 3 is 2.50 bits per heavy atom. The minimum atomic E-state index is -0.955. The number of rotatable bonds is 7. The van der Waals surface area contributed by atoms with Gasteiger partial charge < -0.3 is 10.6 Å². The van der Waals surface area contributed by atoms with Crippen molar-refractivity contribution < 1.29 is 4.21 Å². The third kappa shape index (κ3) is 7.84. The van der Waals surface area contributed by atoms with Crippen LogP contribution in [0.4, 0.5) is 0 Å². The van der Waals surface area contributed by atoms with E-state index in [9.17, 15) is 4.21 Å². The molecule has 0 amide bonds. The van der Waals surface area contributed by atoms with Crippen molar-refractivity contribution in [1.29, 1.82) is 0 Å². The zero-order valence-corrected chi connectivity index (χ0v) is 15.2. The molecule has 114 valence electrons. The fraction of sp³-hybridized carbons (Fsp3) is 0.500. The molecule has 4 nitrogen and oxygen atoms in total. The van der Waals surface area contributed by atoms with Crippen molar-refractivity contribution >= 4 is 40.7 Å². The molecule has 1 aromatic rings. The largest absolute Gasteiger partial charge is 0.357 e. The van der Waals surface area contributed by atoms with Gasteiger partial charge >= 0.3 is 0 Å². The predicted molar refractivity (Wildman–Crippen MR) is 97.4 cm³/mol. The lowest BCUT2D eigenvalue weighted by molar-refractivity contribution is 0.681. The number of hydrogen-bond acceptors (Lipinski definition) is 2. The van der Waals surface area contributed by atoms with Gasteiger partial charge in [-0.1, -0.05) is 25.1 Å². The van der Waals surface area contributed by atoms with E-state index in [0.29, 0.717) is 12.3 Å². The van der Waals surface area contributed by atoms with E-state index in [4.69, 9.17) is 0 Å². The average Bonchev–Trinajstić information content (AvgIpc) is 2.45. The molecule has 0 aromatic heterocycles. The van der Waals surface area contributed by atoms with Crippen molar-refractivity contribution in [3.05, 3.63) is 30.3 Å². The van der Waals surface area contributed by atoms with Gasteiger partial charge in [-0.15, -0.1) is 24.0 Å². The Kier molecular flexibility index (Phi) is 11.8. The summed E-state index contributed by atoms with van der Waals surface area (Å²) in [4.78, 5) is 5.27. The van der Waals surface area contributed by atoms with E-state index >= 15 is 0 Å². The van der Waals surface area contributed by atoms with Crippen molar-refractivity contribution in [3.63, 3.8) is 0 Å². The number of benzene rings is 1. The molecule has 0 aliphatic carbocycles. The normalized spacial score (nSPS) is 12.4. The van der Waals surface area contributed by atoms with E-state index < -0.39 is 10.8 Å². The van der Waals surface area contributed by atoms with Crippen LogP contribution < -0.4 is 10.6 Å². The van der Waals surface area contributed by atoms with Gasteiger partial charge in [-0.05, 0) is 25.5 Å². The summed E-state index contributed by atoms with van der Waals surface area (Å²) in [5.41, 5.74) is 0. The maximum atomic E-state index is 12.0. The first-order valence-electron chi connectivity index (χ1n) is 6.73. The summed E-state index contributed by atoms with van der Waals surface area (Å²) >= 11 is 0. The minimum Gasteiger partial charge on any atom is -0.357 e. The number of hydrogen-bond donors (Lipinski definition) is 2. The van der Waals surface area contributed by atoms with Crippen molar-refractivity contribution in [2.45, 2.75) is 25.2 Å². The van der Waals surface area contributed by atoms with Gasteiger partial charge in [0, 0.05) is 30.3 Å². The molecule has 0 radical (unpaired) electrons. The molecular formula is C14H24IN3OS. The maximum Gasteiger partial charge on any atom is 0.191 e. The Bertz CT molecular complexity index is 412. The molecule has 0 spiro atoms. The molecule has 1 aromatic carbocycles. The molecule has 2 N–H and O–H groups in total. The van der Waals surface area contributed by atoms with Gasteiger partial charge in [-0.2, -0.15) is 0 Å². The number of nitrogens with one attached hydrogen (secondary N) is 2. The second kappa shape index (κ2) is 12.1. The van der Waals surface area contributed by atoms with Gasteiger partial charge in [0.25, 0.3) is 0 Å². The van der Waals surface area contributed by atoms with Crippen LogP contribution >= 0.6 is 24.0 Å². The van der Waals surface area contributed by atoms with E-state index in [0.717, 1.165) is 30.4 Å². The van der Waals surface area contributed by atoms with Crippen LogP contribution in [0.5, 0.6) is 0 Å². The Morgan fingerprint density at radius 2 is 1.90 bits per heavy atom. The summed E-state index contributed by atoms with van der Waals surface area (Å²) in [7, 11) is -0.955. The molecule has 1 unspecified atom stereocenters. The third-order valence-corrected chi connectivity index (χ3v) is 3.80. The molecule has 1 rings (SSSR count). The van der Waals surface area contributed by atoms with Gasteiger partial charge in [0.2, 0.25) is 0 Å². The average molecular weight is 409 g/mol. The molecule has 0 aliphatic rings.